The molecule has 0 aromatic carbocycles. The van der Waals surface area contributed by atoms with E-state index in [4.69, 9.17) is 4.74 Å². The first kappa shape index (κ1) is 14.1. The summed E-state index contributed by atoms with van der Waals surface area (Å²) >= 11 is 0. The lowest BCUT2D eigenvalue weighted by atomic mass is 10.1. The number of nitrogens with zero attached hydrogens (tertiary/aromatic N) is 5. The van der Waals surface area contributed by atoms with Crippen LogP contribution in [0.5, 0.6) is 0 Å². The molecule has 114 valence electrons. The Labute approximate surface area is 120 Å². The predicted molar refractivity (Wildman–Crippen MR) is 72.7 cm³/mol. The zero-order valence-corrected chi connectivity index (χ0v) is 11.7. The van der Waals surface area contributed by atoms with E-state index in [2.05, 4.69) is 15.0 Å². The average molecular weight is 295 g/mol. The van der Waals surface area contributed by atoms with Crippen LogP contribution in [0.15, 0.2) is 12.7 Å². The van der Waals surface area contributed by atoms with E-state index >= 15 is 0 Å². The van der Waals surface area contributed by atoms with Gasteiger partial charge in [-0.25, -0.2) is 15.0 Å². The Hall–Kier alpha value is -1.81. The second kappa shape index (κ2) is 5.19. The smallest absolute Gasteiger partial charge is 0.183 e. The first-order valence-electron chi connectivity index (χ1n) is 6.52. The fourth-order valence-electron chi connectivity index (χ4n) is 2.49. The Bertz CT molecular complexity index is 646. The molecule has 0 aliphatic carbocycles. The van der Waals surface area contributed by atoms with Gasteiger partial charge in [-0.05, 0) is 0 Å². The highest BCUT2D eigenvalue weighted by atomic mass is 16.6. The van der Waals surface area contributed by atoms with Crippen molar-refractivity contribution in [3.05, 3.63) is 12.7 Å². The molecule has 21 heavy (non-hydrogen) atoms. The lowest BCUT2D eigenvalue weighted by Gasteiger charge is -2.19. The number of hydrogen-bond acceptors (Lipinski definition) is 8. The largest absolute Gasteiger partial charge is 0.394 e. The van der Waals surface area contributed by atoms with Crippen molar-refractivity contribution in [2.45, 2.75) is 24.5 Å². The maximum Gasteiger partial charge on any atom is 0.183 e. The van der Waals surface area contributed by atoms with Crippen molar-refractivity contribution in [2.75, 3.05) is 25.6 Å². The average Bonchev–Trinajstić information content (AvgIpc) is 3.01. The number of anilines is 1. The molecule has 2 aromatic rings. The summed E-state index contributed by atoms with van der Waals surface area (Å²) in [6, 6.07) is 0. The number of aliphatic hydroxyl groups is 3. The Balaban J connectivity index is 2.09. The molecule has 9 nitrogen and oxygen atoms in total. The highest BCUT2D eigenvalue weighted by Crippen LogP contribution is 2.33. The van der Waals surface area contributed by atoms with Gasteiger partial charge in [-0.2, -0.15) is 0 Å². The SMILES string of the molecule is CN(C)c1ncnc2ncn([C@H]3O[C@@H](CO)[C@@H](O)[C@@H]3O)c12. The molecular weight excluding hydrogens is 278 g/mol. The minimum atomic E-state index is -1.17. The molecule has 1 aliphatic rings. The van der Waals surface area contributed by atoms with Crippen LogP contribution in [0.4, 0.5) is 5.82 Å². The van der Waals surface area contributed by atoms with Gasteiger partial charge in [0.2, 0.25) is 0 Å². The third-order valence-electron chi connectivity index (χ3n) is 3.56. The summed E-state index contributed by atoms with van der Waals surface area (Å²) in [4.78, 5) is 14.2. The second-order valence-corrected chi connectivity index (χ2v) is 5.14. The van der Waals surface area contributed by atoms with Gasteiger partial charge in [-0.15, -0.1) is 0 Å². The first-order chi connectivity index (χ1) is 10.0. The summed E-state index contributed by atoms with van der Waals surface area (Å²) < 4.78 is 7.10. The van der Waals surface area contributed by atoms with E-state index < -0.39 is 24.5 Å². The maximum atomic E-state index is 10.1. The summed E-state index contributed by atoms with van der Waals surface area (Å²) in [6.45, 7) is -0.377. The fraction of sp³-hybridized carbons (Fsp3) is 0.583. The molecule has 3 rings (SSSR count). The molecule has 0 saturated carbocycles. The van der Waals surface area contributed by atoms with Crippen LogP contribution in [0.1, 0.15) is 6.23 Å². The van der Waals surface area contributed by atoms with Gasteiger partial charge >= 0.3 is 0 Å². The van der Waals surface area contributed by atoms with Gasteiger partial charge in [0.25, 0.3) is 0 Å². The number of hydrogen-bond donors (Lipinski definition) is 3. The molecule has 0 bridgehead atoms. The second-order valence-electron chi connectivity index (χ2n) is 5.14. The van der Waals surface area contributed by atoms with Gasteiger partial charge in [0.05, 0.1) is 6.61 Å². The van der Waals surface area contributed by atoms with E-state index in [1.807, 2.05) is 14.1 Å². The molecule has 1 aliphatic heterocycles. The van der Waals surface area contributed by atoms with Crippen molar-refractivity contribution >= 4 is 17.0 Å². The van der Waals surface area contributed by atoms with Crippen molar-refractivity contribution in [3.63, 3.8) is 0 Å². The van der Waals surface area contributed by atoms with Crippen LogP contribution in [0.2, 0.25) is 0 Å². The molecule has 0 spiro atoms. The third-order valence-corrected chi connectivity index (χ3v) is 3.56. The molecule has 0 unspecified atom stereocenters. The molecule has 4 atom stereocenters. The lowest BCUT2D eigenvalue weighted by Crippen LogP contribution is -2.33. The number of imidazole rings is 1. The molecule has 3 N–H and O–H groups in total. The van der Waals surface area contributed by atoms with Crippen LogP contribution in [0.25, 0.3) is 11.2 Å². The van der Waals surface area contributed by atoms with E-state index in [9.17, 15) is 15.3 Å². The Morgan fingerprint density at radius 1 is 1.24 bits per heavy atom. The minimum Gasteiger partial charge on any atom is -0.394 e. The van der Waals surface area contributed by atoms with Crippen LogP contribution in [0, 0.1) is 0 Å². The van der Waals surface area contributed by atoms with Gasteiger partial charge in [0.15, 0.2) is 17.7 Å². The van der Waals surface area contributed by atoms with Crippen molar-refractivity contribution in [3.8, 4) is 0 Å². The highest BCUT2D eigenvalue weighted by molar-refractivity contribution is 5.83. The molecule has 0 amide bonds. The Morgan fingerprint density at radius 3 is 2.62 bits per heavy atom. The lowest BCUT2D eigenvalue weighted by molar-refractivity contribution is -0.0508. The van der Waals surface area contributed by atoms with Gasteiger partial charge in [-0.3, -0.25) is 4.57 Å². The predicted octanol–water partition coefficient (Wildman–Crippen LogP) is -1.50. The summed E-state index contributed by atoms with van der Waals surface area (Å²) in [7, 11) is 3.66. The molecule has 3 heterocycles. The number of aliphatic hydroxyl groups excluding tert-OH is 3. The number of fused-ring (bicyclic) bond motifs is 1. The zero-order chi connectivity index (χ0) is 15.1. The quantitative estimate of drug-likeness (QED) is 0.626. The molecule has 1 saturated heterocycles. The number of rotatable bonds is 3. The summed E-state index contributed by atoms with van der Waals surface area (Å²) in [5, 5.41) is 29.2. The van der Waals surface area contributed by atoms with E-state index in [1.165, 1.54) is 12.7 Å². The van der Waals surface area contributed by atoms with Crippen LogP contribution in [-0.4, -0.2) is 73.9 Å². The van der Waals surface area contributed by atoms with Gasteiger partial charge in [-0.1, -0.05) is 0 Å². The molecule has 9 heteroatoms. The summed E-state index contributed by atoms with van der Waals surface area (Å²) in [6.07, 6.45) is -1.14. The minimum absolute atomic E-state index is 0.377. The normalized spacial score (nSPS) is 29.2. The van der Waals surface area contributed by atoms with Gasteiger partial charge in [0, 0.05) is 14.1 Å². The van der Waals surface area contributed by atoms with Gasteiger partial charge in [0.1, 0.15) is 36.5 Å². The van der Waals surface area contributed by atoms with E-state index in [1.54, 1.807) is 9.47 Å². The summed E-state index contributed by atoms with van der Waals surface area (Å²) in [5.41, 5.74) is 1.06. The van der Waals surface area contributed by atoms with Crippen molar-refractivity contribution in [1.82, 2.24) is 19.5 Å². The van der Waals surface area contributed by atoms with Gasteiger partial charge < -0.3 is 25.0 Å². The van der Waals surface area contributed by atoms with Crippen LogP contribution in [0.3, 0.4) is 0 Å². The van der Waals surface area contributed by atoms with E-state index in [0.29, 0.717) is 17.0 Å². The van der Waals surface area contributed by atoms with Crippen molar-refractivity contribution in [2.24, 2.45) is 0 Å². The standard InChI is InChI=1S/C12H17N5O4/c1-16(2)11-7-10(13-4-14-11)15-5-17(7)12-9(20)8(19)6(3-18)21-12/h4-6,8-9,12,18-20H,3H2,1-2H3/t6-,8+,9-,12-/m0/s1. The highest BCUT2D eigenvalue weighted by Gasteiger charge is 2.44. The molecular formula is C12H17N5O4. The van der Waals surface area contributed by atoms with E-state index in [0.717, 1.165) is 0 Å². The molecule has 0 radical (unpaired) electrons. The van der Waals surface area contributed by atoms with Crippen molar-refractivity contribution < 1.29 is 20.1 Å². The Kier molecular flexibility index (Phi) is 3.49. The van der Waals surface area contributed by atoms with Crippen LogP contribution < -0.4 is 4.90 Å². The maximum absolute atomic E-state index is 10.1. The third kappa shape index (κ3) is 2.14. The summed E-state index contributed by atoms with van der Waals surface area (Å²) in [5.74, 6) is 0.621. The topological polar surface area (TPSA) is 117 Å². The first-order valence-corrected chi connectivity index (χ1v) is 6.52. The zero-order valence-electron chi connectivity index (χ0n) is 11.7. The van der Waals surface area contributed by atoms with Crippen LogP contribution >= 0.6 is 0 Å². The fourth-order valence-corrected chi connectivity index (χ4v) is 2.49. The number of ether oxygens (including phenoxy) is 1. The number of aromatic nitrogens is 4. The van der Waals surface area contributed by atoms with E-state index in [-0.39, 0.29) is 6.61 Å². The van der Waals surface area contributed by atoms with Crippen LogP contribution in [-0.2, 0) is 4.74 Å². The Morgan fingerprint density at radius 2 is 2.00 bits per heavy atom. The molecule has 2 aromatic heterocycles. The van der Waals surface area contributed by atoms with Crippen molar-refractivity contribution in [1.29, 1.82) is 0 Å². The monoisotopic (exact) mass is 295 g/mol. The molecule has 1 fully saturated rings.